The minimum Gasteiger partial charge on any atom is -0.330 e. The topological polar surface area (TPSA) is 56.7 Å². The molecule has 1 aromatic heterocycles. The van der Waals surface area contributed by atoms with Crippen LogP contribution in [0.1, 0.15) is 24.8 Å². The van der Waals surface area contributed by atoms with Crippen molar-refractivity contribution in [1.29, 1.82) is 0 Å². The van der Waals surface area contributed by atoms with E-state index in [9.17, 15) is 0 Å². The van der Waals surface area contributed by atoms with E-state index >= 15 is 0 Å². The van der Waals surface area contributed by atoms with Crippen molar-refractivity contribution in [2.75, 3.05) is 6.54 Å². The summed E-state index contributed by atoms with van der Waals surface area (Å²) in [6.45, 7) is 2.90. The summed E-state index contributed by atoms with van der Waals surface area (Å²) in [6, 6.07) is 6.28. The van der Waals surface area contributed by atoms with Crippen molar-refractivity contribution >= 4 is 15.9 Å². The predicted molar refractivity (Wildman–Crippen MR) is 71.1 cm³/mol. The van der Waals surface area contributed by atoms with Crippen molar-refractivity contribution in [3.8, 4) is 5.69 Å². The van der Waals surface area contributed by atoms with E-state index in [0.717, 1.165) is 16.6 Å². The molecule has 0 saturated heterocycles. The van der Waals surface area contributed by atoms with Crippen LogP contribution in [0.2, 0.25) is 0 Å². The van der Waals surface area contributed by atoms with Gasteiger partial charge in [-0.3, -0.25) is 0 Å². The molecule has 0 saturated carbocycles. The summed E-state index contributed by atoms with van der Waals surface area (Å²) in [5.74, 6) is 0.473. The van der Waals surface area contributed by atoms with Gasteiger partial charge < -0.3 is 5.73 Å². The lowest BCUT2D eigenvalue weighted by molar-refractivity contribution is 0.689. The van der Waals surface area contributed by atoms with Crippen molar-refractivity contribution in [1.82, 2.24) is 14.8 Å². The highest BCUT2D eigenvalue weighted by Gasteiger charge is 2.08. The standard InChI is InChI=1S/C12H15BrN4/c1-9(4-5-14)10-2-3-12(11(13)6-10)17-8-15-7-16-17/h2-3,6-9H,4-5,14H2,1H3. The third-order valence-corrected chi connectivity index (χ3v) is 3.44. The maximum atomic E-state index is 5.58. The SMILES string of the molecule is CC(CCN)c1ccc(-n2cncn2)c(Br)c1. The van der Waals surface area contributed by atoms with Crippen LogP contribution in [0, 0.1) is 0 Å². The Kier molecular flexibility index (Phi) is 3.91. The first kappa shape index (κ1) is 12.3. The summed E-state index contributed by atoms with van der Waals surface area (Å²) >= 11 is 3.57. The Hall–Kier alpha value is -1.20. The van der Waals surface area contributed by atoms with Gasteiger partial charge in [-0.05, 0) is 52.5 Å². The first-order chi connectivity index (χ1) is 8.22. The monoisotopic (exact) mass is 294 g/mol. The molecule has 2 aromatic rings. The van der Waals surface area contributed by atoms with E-state index in [-0.39, 0.29) is 0 Å². The minimum absolute atomic E-state index is 0.473. The number of aromatic nitrogens is 3. The molecule has 1 aromatic carbocycles. The number of rotatable bonds is 4. The Morgan fingerprint density at radius 3 is 2.88 bits per heavy atom. The molecule has 2 rings (SSSR count). The Labute approximate surface area is 109 Å². The normalized spacial score (nSPS) is 12.6. The van der Waals surface area contributed by atoms with Crippen LogP contribution >= 0.6 is 15.9 Å². The average Bonchev–Trinajstić information content (AvgIpc) is 2.82. The quantitative estimate of drug-likeness (QED) is 0.942. The molecular weight excluding hydrogens is 280 g/mol. The van der Waals surface area contributed by atoms with E-state index in [2.05, 4.69) is 45.1 Å². The van der Waals surface area contributed by atoms with Crippen molar-refractivity contribution in [2.24, 2.45) is 5.73 Å². The van der Waals surface area contributed by atoms with Crippen molar-refractivity contribution in [2.45, 2.75) is 19.3 Å². The molecule has 0 aliphatic carbocycles. The zero-order valence-corrected chi connectivity index (χ0v) is 11.3. The lowest BCUT2D eigenvalue weighted by atomic mass is 9.98. The molecule has 17 heavy (non-hydrogen) atoms. The largest absolute Gasteiger partial charge is 0.330 e. The number of nitrogens with two attached hydrogens (primary N) is 1. The van der Waals surface area contributed by atoms with Crippen LogP contribution in [0.4, 0.5) is 0 Å². The van der Waals surface area contributed by atoms with Crippen LogP contribution < -0.4 is 5.73 Å². The minimum atomic E-state index is 0.473. The van der Waals surface area contributed by atoms with Gasteiger partial charge in [-0.2, -0.15) is 5.10 Å². The van der Waals surface area contributed by atoms with E-state index in [1.165, 1.54) is 11.9 Å². The number of hydrogen-bond donors (Lipinski definition) is 1. The molecule has 1 atom stereocenters. The highest BCUT2D eigenvalue weighted by molar-refractivity contribution is 9.10. The van der Waals surface area contributed by atoms with Crippen LogP contribution in [0.15, 0.2) is 35.3 Å². The molecule has 0 bridgehead atoms. The third-order valence-electron chi connectivity index (χ3n) is 2.81. The molecule has 2 N–H and O–H groups in total. The zero-order chi connectivity index (χ0) is 12.3. The number of nitrogens with zero attached hydrogens (tertiary/aromatic N) is 3. The van der Waals surface area contributed by atoms with Gasteiger partial charge in [0.25, 0.3) is 0 Å². The maximum absolute atomic E-state index is 5.58. The highest BCUT2D eigenvalue weighted by atomic mass is 79.9. The summed E-state index contributed by atoms with van der Waals surface area (Å²) in [6.07, 6.45) is 4.20. The molecule has 4 nitrogen and oxygen atoms in total. The second-order valence-electron chi connectivity index (χ2n) is 4.03. The molecule has 1 heterocycles. The van der Waals surface area contributed by atoms with Gasteiger partial charge in [0.05, 0.1) is 5.69 Å². The Bertz CT molecular complexity index is 481. The van der Waals surface area contributed by atoms with E-state index in [0.29, 0.717) is 12.5 Å². The third kappa shape index (κ3) is 2.73. The summed E-state index contributed by atoms with van der Waals surface area (Å²) < 4.78 is 2.76. The molecule has 5 heteroatoms. The van der Waals surface area contributed by atoms with Gasteiger partial charge in [-0.25, -0.2) is 9.67 Å². The Balaban J connectivity index is 2.29. The lowest BCUT2D eigenvalue weighted by Crippen LogP contribution is -2.05. The Morgan fingerprint density at radius 2 is 2.29 bits per heavy atom. The summed E-state index contributed by atoms with van der Waals surface area (Å²) in [7, 11) is 0. The van der Waals surface area contributed by atoms with E-state index < -0.39 is 0 Å². The van der Waals surface area contributed by atoms with Crippen molar-refractivity contribution in [3.05, 3.63) is 40.9 Å². The Morgan fingerprint density at radius 1 is 1.47 bits per heavy atom. The summed E-state index contributed by atoms with van der Waals surface area (Å²) in [5.41, 5.74) is 7.85. The van der Waals surface area contributed by atoms with E-state index in [4.69, 9.17) is 5.73 Å². The number of benzene rings is 1. The molecule has 90 valence electrons. The maximum Gasteiger partial charge on any atom is 0.138 e. The van der Waals surface area contributed by atoms with Crippen LogP contribution in [-0.4, -0.2) is 21.3 Å². The van der Waals surface area contributed by atoms with E-state index in [1.807, 2.05) is 6.07 Å². The molecule has 0 aliphatic heterocycles. The van der Waals surface area contributed by atoms with Crippen LogP contribution in [0.5, 0.6) is 0 Å². The fourth-order valence-electron chi connectivity index (χ4n) is 1.76. The molecule has 0 fully saturated rings. The lowest BCUT2D eigenvalue weighted by Gasteiger charge is -2.12. The van der Waals surface area contributed by atoms with Crippen LogP contribution in [0.3, 0.4) is 0 Å². The molecule has 0 amide bonds. The van der Waals surface area contributed by atoms with Crippen LogP contribution in [0.25, 0.3) is 5.69 Å². The van der Waals surface area contributed by atoms with Crippen molar-refractivity contribution < 1.29 is 0 Å². The fourth-order valence-corrected chi connectivity index (χ4v) is 2.34. The smallest absolute Gasteiger partial charge is 0.138 e. The van der Waals surface area contributed by atoms with Gasteiger partial charge in [0.15, 0.2) is 0 Å². The van der Waals surface area contributed by atoms with Gasteiger partial charge in [0.1, 0.15) is 12.7 Å². The number of halogens is 1. The van der Waals surface area contributed by atoms with Gasteiger partial charge >= 0.3 is 0 Å². The molecule has 1 unspecified atom stereocenters. The zero-order valence-electron chi connectivity index (χ0n) is 9.68. The highest BCUT2D eigenvalue weighted by Crippen LogP contribution is 2.26. The first-order valence-electron chi connectivity index (χ1n) is 5.57. The fraction of sp³-hybridized carbons (Fsp3) is 0.333. The molecular formula is C12H15BrN4. The van der Waals surface area contributed by atoms with E-state index in [1.54, 1.807) is 11.0 Å². The summed E-state index contributed by atoms with van der Waals surface area (Å²) in [5, 5.41) is 4.11. The average molecular weight is 295 g/mol. The van der Waals surface area contributed by atoms with Gasteiger partial charge in [-0.15, -0.1) is 0 Å². The van der Waals surface area contributed by atoms with Crippen LogP contribution in [-0.2, 0) is 0 Å². The van der Waals surface area contributed by atoms with Gasteiger partial charge in [-0.1, -0.05) is 13.0 Å². The molecule has 0 spiro atoms. The molecule has 0 aliphatic rings. The predicted octanol–water partition coefficient (Wildman–Crippen LogP) is 2.48. The first-order valence-corrected chi connectivity index (χ1v) is 6.36. The second kappa shape index (κ2) is 5.42. The van der Waals surface area contributed by atoms with Crippen molar-refractivity contribution in [3.63, 3.8) is 0 Å². The van der Waals surface area contributed by atoms with Gasteiger partial charge in [0, 0.05) is 4.47 Å². The van der Waals surface area contributed by atoms with Gasteiger partial charge in [0.2, 0.25) is 0 Å². The number of hydrogen-bond acceptors (Lipinski definition) is 3. The molecule has 0 radical (unpaired) electrons. The second-order valence-corrected chi connectivity index (χ2v) is 4.88. The summed E-state index contributed by atoms with van der Waals surface area (Å²) in [4.78, 5) is 3.94.